The van der Waals surface area contributed by atoms with Gasteiger partial charge in [-0.2, -0.15) is 0 Å². The van der Waals surface area contributed by atoms with Gasteiger partial charge in [-0.3, -0.25) is 4.57 Å². The molecule has 83 valence electrons. The summed E-state index contributed by atoms with van der Waals surface area (Å²) in [5, 5.41) is 0.506. The summed E-state index contributed by atoms with van der Waals surface area (Å²) >= 11 is 0. The molecule has 0 aliphatic rings. The van der Waals surface area contributed by atoms with Gasteiger partial charge in [-0.25, -0.2) is 0 Å². The molecule has 0 bridgehead atoms. The lowest BCUT2D eigenvalue weighted by atomic mass is 10.2. The van der Waals surface area contributed by atoms with Crippen molar-refractivity contribution in [2.24, 2.45) is 0 Å². The van der Waals surface area contributed by atoms with Gasteiger partial charge in [0.1, 0.15) is 0 Å². The van der Waals surface area contributed by atoms with Crippen LogP contribution in [0.4, 0.5) is 0 Å². The van der Waals surface area contributed by atoms with Crippen molar-refractivity contribution >= 4 is 12.9 Å². The quantitative estimate of drug-likeness (QED) is 0.725. The van der Waals surface area contributed by atoms with E-state index in [0.29, 0.717) is 18.5 Å². The molecule has 1 aromatic rings. The van der Waals surface area contributed by atoms with Crippen LogP contribution in [-0.4, -0.2) is 13.2 Å². The molecule has 0 N–H and O–H groups in total. The molecule has 4 heteroatoms. The first-order valence-electron chi connectivity index (χ1n) is 5.00. The molecule has 15 heavy (non-hydrogen) atoms. The van der Waals surface area contributed by atoms with Crippen LogP contribution in [-0.2, 0) is 13.6 Å². The molecule has 0 fully saturated rings. The number of rotatable bonds is 5. The van der Waals surface area contributed by atoms with Crippen molar-refractivity contribution in [2.75, 3.05) is 13.2 Å². The lowest BCUT2D eigenvalue weighted by molar-refractivity contribution is 0.230. The van der Waals surface area contributed by atoms with Crippen molar-refractivity contribution in [3.8, 4) is 0 Å². The first kappa shape index (κ1) is 12.4. The molecule has 0 unspecified atom stereocenters. The summed E-state index contributed by atoms with van der Waals surface area (Å²) in [4.78, 5) is 0. The maximum absolute atomic E-state index is 12.3. The van der Waals surface area contributed by atoms with Gasteiger partial charge < -0.3 is 9.05 Å². The fourth-order valence-electron chi connectivity index (χ4n) is 1.24. The fraction of sp³-hybridized carbons (Fsp3) is 0.455. The largest absolute Gasteiger partial charge is 0.361 e. The zero-order valence-corrected chi connectivity index (χ0v) is 10.2. The average Bonchev–Trinajstić information content (AvgIpc) is 2.18. The summed E-state index contributed by atoms with van der Waals surface area (Å²) in [6, 6.07) is 8.32. The van der Waals surface area contributed by atoms with Gasteiger partial charge in [0.15, 0.2) is 0 Å². The minimum Gasteiger partial charge on any atom is -0.305 e. The molecule has 1 aromatic carbocycles. The van der Waals surface area contributed by atoms with Crippen molar-refractivity contribution in [1.82, 2.24) is 0 Å². The normalized spacial score (nSPS) is 11.7. The van der Waals surface area contributed by atoms with Gasteiger partial charge in [0.05, 0.1) is 18.5 Å². The molecule has 0 aromatic heterocycles. The first-order valence-corrected chi connectivity index (χ1v) is 6.54. The molecule has 3 nitrogen and oxygen atoms in total. The summed E-state index contributed by atoms with van der Waals surface area (Å²) in [6.07, 6.45) is 0. The molecule has 1 radical (unpaired) electrons. The molecule has 0 aliphatic carbocycles. The maximum Gasteiger partial charge on any atom is 0.361 e. The summed E-state index contributed by atoms with van der Waals surface area (Å²) in [6.45, 7) is 6.24. The number of hydrogen-bond donors (Lipinski definition) is 0. The van der Waals surface area contributed by atoms with Crippen LogP contribution in [0.3, 0.4) is 0 Å². The van der Waals surface area contributed by atoms with Gasteiger partial charge in [-0.1, -0.05) is 17.7 Å². The Balaban J connectivity index is 3.03. The van der Waals surface area contributed by atoms with Crippen LogP contribution in [0.2, 0.25) is 0 Å². The molecule has 0 aliphatic heterocycles. The van der Waals surface area contributed by atoms with E-state index in [1.54, 1.807) is 26.0 Å². The third kappa shape index (κ3) is 3.16. The van der Waals surface area contributed by atoms with Crippen LogP contribution in [0.5, 0.6) is 0 Å². The van der Waals surface area contributed by atoms with E-state index in [1.165, 1.54) is 0 Å². The molecule has 1 rings (SSSR count). The van der Waals surface area contributed by atoms with Crippen molar-refractivity contribution in [1.29, 1.82) is 0 Å². The summed E-state index contributed by atoms with van der Waals surface area (Å²) in [5.74, 6) is 0. The Kier molecular flexibility index (Phi) is 4.52. The Labute approximate surface area is 90.9 Å². The van der Waals surface area contributed by atoms with Gasteiger partial charge in [-0.05, 0) is 32.9 Å². The highest BCUT2D eigenvalue weighted by molar-refractivity contribution is 7.62. The topological polar surface area (TPSA) is 35.5 Å². The summed E-state index contributed by atoms with van der Waals surface area (Å²) in [7, 11) is -3.15. The predicted molar refractivity (Wildman–Crippen MR) is 60.5 cm³/mol. The van der Waals surface area contributed by atoms with Crippen LogP contribution < -0.4 is 5.30 Å². The highest BCUT2D eigenvalue weighted by Crippen LogP contribution is 2.46. The third-order valence-corrected chi connectivity index (χ3v) is 3.88. The number of benzene rings is 1. The Morgan fingerprint density at radius 1 is 1.33 bits per heavy atom. The van der Waals surface area contributed by atoms with Crippen LogP contribution in [0.15, 0.2) is 18.2 Å². The summed E-state index contributed by atoms with van der Waals surface area (Å²) < 4.78 is 22.7. The Morgan fingerprint density at radius 3 is 2.40 bits per heavy atom. The van der Waals surface area contributed by atoms with Gasteiger partial charge in [0.25, 0.3) is 0 Å². The lowest BCUT2D eigenvalue weighted by Crippen LogP contribution is -2.11. The van der Waals surface area contributed by atoms with Crippen LogP contribution in [0.25, 0.3) is 0 Å². The number of hydrogen-bond acceptors (Lipinski definition) is 3. The smallest absolute Gasteiger partial charge is 0.305 e. The molecule has 0 spiro atoms. The molecule has 0 atom stereocenters. The van der Waals surface area contributed by atoms with Crippen LogP contribution in [0.1, 0.15) is 19.4 Å². The van der Waals surface area contributed by atoms with Crippen molar-refractivity contribution in [3.05, 3.63) is 29.8 Å². The molecule has 0 saturated carbocycles. The second-order valence-electron chi connectivity index (χ2n) is 3.08. The molecule has 0 saturated heterocycles. The van der Waals surface area contributed by atoms with Crippen LogP contribution in [0, 0.1) is 13.0 Å². The zero-order chi connectivity index (χ0) is 11.3. The monoisotopic (exact) mass is 227 g/mol. The molecule has 0 heterocycles. The van der Waals surface area contributed by atoms with Crippen molar-refractivity contribution in [3.63, 3.8) is 0 Å². The SMILES string of the molecule is CCOP(=O)(OCC)c1[c]ccc(C)c1. The molecular formula is C11H16O3P. The average molecular weight is 227 g/mol. The minimum absolute atomic E-state index is 0.360. The van der Waals surface area contributed by atoms with Gasteiger partial charge in [-0.15, -0.1) is 0 Å². The number of aryl methyl sites for hydroxylation is 1. The highest BCUT2D eigenvalue weighted by atomic mass is 31.2. The second-order valence-corrected chi connectivity index (χ2v) is 5.08. The maximum atomic E-state index is 12.3. The van der Waals surface area contributed by atoms with Gasteiger partial charge >= 0.3 is 7.60 Å². The fourth-order valence-corrected chi connectivity index (χ4v) is 2.87. The van der Waals surface area contributed by atoms with E-state index in [1.807, 2.05) is 13.0 Å². The Bertz CT molecular complexity index is 353. The van der Waals surface area contributed by atoms with Crippen molar-refractivity contribution < 1.29 is 13.6 Å². The first-order chi connectivity index (χ1) is 7.12. The zero-order valence-electron chi connectivity index (χ0n) is 9.32. The standard InChI is InChI=1S/C11H16O3P/c1-4-13-15(12,14-5-2)11-8-6-7-10(3)9-11/h6-7,9H,4-5H2,1-3H3. The summed E-state index contributed by atoms with van der Waals surface area (Å²) in [5.41, 5.74) is 1.02. The van der Waals surface area contributed by atoms with Gasteiger partial charge in [0, 0.05) is 0 Å². The Hall–Kier alpha value is -0.630. The second kappa shape index (κ2) is 5.45. The van der Waals surface area contributed by atoms with E-state index >= 15 is 0 Å². The van der Waals surface area contributed by atoms with E-state index < -0.39 is 7.60 Å². The van der Waals surface area contributed by atoms with E-state index in [0.717, 1.165) is 5.56 Å². The minimum atomic E-state index is -3.15. The third-order valence-electron chi connectivity index (χ3n) is 1.83. The predicted octanol–water partition coefficient (Wildman–Crippen LogP) is 2.69. The Morgan fingerprint density at radius 2 is 1.93 bits per heavy atom. The van der Waals surface area contributed by atoms with E-state index in [9.17, 15) is 4.57 Å². The van der Waals surface area contributed by atoms with Crippen LogP contribution >= 0.6 is 7.60 Å². The van der Waals surface area contributed by atoms with E-state index in [-0.39, 0.29) is 0 Å². The van der Waals surface area contributed by atoms with E-state index in [4.69, 9.17) is 9.05 Å². The highest BCUT2D eigenvalue weighted by Gasteiger charge is 2.26. The van der Waals surface area contributed by atoms with Crippen molar-refractivity contribution in [2.45, 2.75) is 20.8 Å². The molecular weight excluding hydrogens is 211 g/mol. The lowest BCUT2D eigenvalue weighted by Gasteiger charge is -2.16. The van der Waals surface area contributed by atoms with Gasteiger partial charge in [0.2, 0.25) is 0 Å². The van der Waals surface area contributed by atoms with E-state index in [2.05, 4.69) is 6.07 Å². The molecule has 0 amide bonds.